The van der Waals surface area contributed by atoms with Crippen molar-refractivity contribution in [1.29, 1.82) is 0 Å². The summed E-state index contributed by atoms with van der Waals surface area (Å²) >= 11 is 0. The Morgan fingerprint density at radius 1 is 1.12 bits per heavy atom. The number of alkyl halides is 3. The lowest BCUT2D eigenvalue weighted by Crippen LogP contribution is -2.36. The SMILES string of the molecule is CC(C)(C)CCCNc1ccc(-c2nnc(C(F)(F)F)o2)nc1C1CCN(c2ncnc3c2C(C)(C)C(=O)N3)CC1. The summed E-state index contributed by atoms with van der Waals surface area (Å²) in [4.78, 5) is 28.3. The third-order valence-corrected chi connectivity index (χ3v) is 7.66. The average molecular weight is 573 g/mol. The molecule has 10 nitrogen and oxygen atoms in total. The Hall–Kier alpha value is -3.77. The summed E-state index contributed by atoms with van der Waals surface area (Å²) in [5.74, 6) is -0.468. The predicted molar refractivity (Wildman–Crippen MR) is 148 cm³/mol. The Balaban J connectivity index is 1.38. The number of amides is 1. The van der Waals surface area contributed by atoms with E-state index in [0.29, 0.717) is 18.9 Å². The minimum atomic E-state index is -4.73. The van der Waals surface area contributed by atoms with Gasteiger partial charge in [-0.25, -0.2) is 15.0 Å². The minimum absolute atomic E-state index is 0.0315. The van der Waals surface area contributed by atoms with Gasteiger partial charge in [0, 0.05) is 25.6 Å². The molecule has 2 N–H and O–H groups in total. The zero-order valence-corrected chi connectivity index (χ0v) is 23.9. The number of aromatic nitrogens is 5. The summed E-state index contributed by atoms with van der Waals surface area (Å²) in [7, 11) is 0. The number of carbonyl (C=O) groups excluding carboxylic acids is 1. The molecule has 1 amide bonds. The van der Waals surface area contributed by atoms with Crippen LogP contribution in [0.4, 0.5) is 30.5 Å². The number of halogens is 3. The van der Waals surface area contributed by atoms with Gasteiger partial charge in [-0.3, -0.25) is 4.79 Å². The van der Waals surface area contributed by atoms with Gasteiger partial charge in [-0.05, 0) is 57.1 Å². The second-order valence-electron chi connectivity index (χ2n) is 12.4. The second-order valence-corrected chi connectivity index (χ2v) is 12.4. The van der Waals surface area contributed by atoms with Crippen LogP contribution in [0.5, 0.6) is 0 Å². The standard InChI is InChI=1S/C28H35F3N8O2/c1-26(2,3)11-6-12-32-17-7-8-18(23-37-38-25(41-23)28(29,30)31)35-20(17)16-9-13-39(14-10-16)22-19-21(33-15-34-22)36-24(40)27(19,4)5/h7-8,15-16,32H,6,9-14H2,1-5H3,(H,33,34,36,40). The van der Waals surface area contributed by atoms with E-state index >= 15 is 0 Å². The molecule has 3 aromatic rings. The van der Waals surface area contributed by atoms with Crippen LogP contribution >= 0.6 is 0 Å². The Morgan fingerprint density at radius 3 is 2.51 bits per heavy atom. The van der Waals surface area contributed by atoms with Gasteiger partial charge in [0.05, 0.1) is 22.4 Å². The van der Waals surface area contributed by atoms with Crippen molar-refractivity contribution >= 4 is 23.2 Å². The number of hydrogen-bond donors (Lipinski definition) is 2. The van der Waals surface area contributed by atoms with Crippen LogP contribution in [0.3, 0.4) is 0 Å². The van der Waals surface area contributed by atoms with E-state index in [2.05, 4.69) is 56.5 Å². The Bertz CT molecular complexity index is 1420. The molecule has 0 radical (unpaired) electrons. The van der Waals surface area contributed by atoms with Crippen LogP contribution in [-0.2, 0) is 16.4 Å². The lowest BCUT2D eigenvalue weighted by Gasteiger charge is -2.35. The fourth-order valence-electron chi connectivity index (χ4n) is 5.37. The number of rotatable bonds is 7. The quantitative estimate of drug-likeness (QED) is 0.339. The summed E-state index contributed by atoms with van der Waals surface area (Å²) in [6.45, 7) is 12.4. The van der Waals surface area contributed by atoms with Gasteiger partial charge in [-0.1, -0.05) is 20.8 Å². The molecule has 41 heavy (non-hydrogen) atoms. The lowest BCUT2D eigenvalue weighted by atomic mass is 9.86. The summed E-state index contributed by atoms with van der Waals surface area (Å²) in [6.07, 6.45) is 0.190. The first-order chi connectivity index (χ1) is 19.2. The molecule has 0 bridgehead atoms. The molecule has 3 aromatic heterocycles. The normalized spacial score (nSPS) is 17.5. The Labute approximate surface area is 236 Å². The number of hydrogen-bond acceptors (Lipinski definition) is 9. The fraction of sp³-hybridized carbons (Fsp3) is 0.571. The summed E-state index contributed by atoms with van der Waals surface area (Å²) < 4.78 is 44.1. The van der Waals surface area contributed by atoms with Crippen LogP contribution in [0.1, 0.15) is 83.4 Å². The van der Waals surface area contributed by atoms with E-state index in [4.69, 9.17) is 9.40 Å². The molecule has 0 aliphatic carbocycles. The topological polar surface area (TPSA) is 122 Å². The van der Waals surface area contributed by atoms with Crippen molar-refractivity contribution in [3.8, 4) is 11.6 Å². The molecule has 220 valence electrons. The summed E-state index contributed by atoms with van der Waals surface area (Å²) in [6, 6.07) is 3.43. The number of nitrogens with zero attached hydrogens (tertiary/aromatic N) is 6. The van der Waals surface area contributed by atoms with Crippen molar-refractivity contribution in [3.05, 3.63) is 35.6 Å². The molecular weight excluding hydrogens is 537 g/mol. The molecule has 0 unspecified atom stereocenters. The van der Waals surface area contributed by atoms with Crippen LogP contribution in [0.2, 0.25) is 0 Å². The van der Waals surface area contributed by atoms with E-state index in [9.17, 15) is 18.0 Å². The first kappa shape index (κ1) is 28.7. The molecule has 0 aromatic carbocycles. The maximum absolute atomic E-state index is 13.1. The molecule has 0 saturated carbocycles. The minimum Gasteiger partial charge on any atom is -0.411 e. The number of piperidine rings is 1. The second kappa shape index (κ2) is 10.6. The van der Waals surface area contributed by atoms with Gasteiger partial charge in [0.25, 0.3) is 5.89 Å². The van der Waals surface area contributed by atoms with Gasteiger partial charge >= 0.3 is 12.1 Å². The van der Waals surface area contributed by atoms with E-state index in [1.54, 1.807) is 6.07 Å². The third kappa shape index (κ3) is 5.98. The highest BCUT2D eigenvalue weighted by Crippen LogP contribution is 2.43. The lowest BCUT2D eigenvalue weighted by molar-refractivity contribution is -0.157. The molecule has 2 aliphatic rings. The van der Waals surface area contributed by atoms with Crippen molar-refractivity contribution < 1.29 is 22.4 Å². The van der Waals surface area contributed by atoms with Crippen molar-refractivity contribution in [2.75, 3.05) is 35.2 Å². The predicted octanol–water partition coefficient (Wildman–Crippen LogP) is 5.79. The molecule has 5 heterocycles. The highest BCUT2D eigenvalue weighted by Gasteiger charge is 2.43. The monoisotopic (exact) mass is 572 g/mol. The zero-order valence-electron chi connectivity index (χ0n) is 23.9. The molecule has 1 fully saturated rings. The molecule has 5 rings (SSSR count). The van der Waals surface area contributed by atoms with Crippen LogP contribution in [0.25, 0.3) is 11.6 Å². The van der Waals surface area contributed by atoms with Gasteiger partial charge in [-0.15, -0.1) is 10.2 Å². The molecule has 1 saturated heterocycles. The number of anilines is 3. The summed E-state index contributed by atoms with van der Waals surface area (Å²) in [5, 5.41) is 13.1. The van der Waals surface area contributed by atoms with E-state index in [-0.39, 0.29) is 28.8 Å². The van der Waals surface area contributed by atoms with Crippen molar-refractivity contribution in [2.45, 2.75) is 77.8 Å². The van der Waals surface area contributed by atoms with Gasteiger partial charge in [0.2, 0.25) is 5.91 Å². The Morgan fingerprint density at radius 2 is 1.85 bits per heavy atom. The number of pyridine rings is 1. The smallest absolute Gasteiger partial charge is 0.411 e. The van der Waals surface area contributed by atoms with Crippen LogP contribution in [0, 0.1) is 5.41 Å². The molecule has 2 aliphatic heterocycles. The van der Waals surface area contributed by atoms with Gasteiger partial charge < -0.3 is 20.0 Å². The molecule has 0 spiro atoms. The van der Waals surface area contributed by atoms with E-state index in [0.717, 1.165) is 55.0 Å². The van der Waals surface area contributed by atoms with Crippen LogP contribution in [0.15, 0.2) is 22.9 Å². The van der Waals surface area contributed by atoms with E-state index in [1.807, 2.05) is 19.9 Å². The summed E-state index contributed by atoms with van der Waals surface area (Å²) in [5.41, 5.74) is 2.06. The highest BCUT2D eigenvalue weighted by atomic mass is 19.4. The largest absolute Gasteiger partial charge is 0.470 e. The maximum atomic E-state index is 13.1. The van der Waals surface area contributed by atoms with Crippen molar-refractivity contribution in [2.24, 2.45) is 5.41 Å². The zero-order chi connectivity index (χ0) is 29.6. The maximum Gasteiger partial charge on any atom is 0.470 e. The molecule has 0 atom stereocenters. The first-order valence-corrected chi connectivity index (χ1v) is 13.8. The number of fused-ring (bicyclic) bond motifs is 1. The van der Waals surface area contributed by atoms with E-state index in [1.165, 1.54) is 6.33 Å². The Kier molecular flexibility index (Phi) is 7.41. The number of nitrogens with one attached hydrogen (secondary N) is 2. The van der Waals surface area contributed by atoms with Crippen LogP contribution < -0.4 is 15.5 Å². The highest BCUT2D eigenvalue weighted by molar-refractivity contribution is 6.06. The van der Waals surface area contributed by atoms with Crippen molar-refractivity contribution in [1.82, 2.24) is 25.1 Å². The van der Waals surface area contributed by atoms with Gasteiger partial charge in [0.15, 0.2) is 0 Å². The molecule has 13 heteroatoms. The average Bonchev–Trinajstić information content (AvgIpc) is 3.50. The first-order valence-electron chi connectivity index (χ1n) is 13.8. The van der Waals surface area contributed by atoms with Crippen molar-refractivity contribution in [3.63, 3.8) is 0 Å². The van der Waals surface area contributed by atoms with Gasteiger partial charge in [0.1, 0.15) is 23.7 Å². The van der Waals surface area contributed by atoms with E-state index < -0.39 is 17.5 Å². The van der Waals surface area contributed by atoms with Gasteiger partial charge in [-0.2, -0.15) is 13.2 Å². The van der Waals surface area contributed by atoms with Crippen LogP contribution in [-0.4, -0.2) is 50.7 Å². The molecular formula is C28H35F3N8O2. The third-order valence-electron chi connectivity index (χ3n) is 7.66. The fourth-order valence-corrected chi connectivity index (χ4v) is 5.37. The number of carbonyl (C=O) groups is 1.